The van der Waals surface area contributed by atoms with Gasteiger partial charge in [-0.3, -0.25) is 4.90 Å². The van der Waals surface area contributed by atoms with Crippen molar-refractivity contribution >= 4 is 15.9 Å². The molecular formula is C17H21BrN2O. The van der Waals surface area contributed by atoms with Crippen LogP contribution in [0.15, 0.2) is 39.3 Å². The third-order valence-corrected chi connectivity index (χ3v) is 4.59. The summed E-state index contributed by atoms with van der Waals surface area (Å²) in [5, 5.41) is 4.30. The van der Waals surface area contributed by atoms with E-state index in [1.165, 1.54) is 12.0 Å². The van der Waals surface area contributed by atoms with Crippen LogP contribution in [0.1, 0.15) is 55.7 Å². The molecule has 1 saturated heterocycles. The highest BCUT2D eigenvalue weighted by molar-refractivity contribution is 9.10. The maximum Gasteiger partial charge on any atom is 0.139 e. The molecule has 1 aliphatic rings. The van der Waals surface area contributed by atoms with E-state index in [1.807, 2.05) is 0 Å². The van der Waals surface area contributed by atoms with E-state index in [2.05, 4.69) is 70.2 Å². The molecule has 0 N–H and O–H groups in total. The van der Waals surface area contributed by atoms with Gasteiger partial charge in [0.25, 0.3) is 0 Å². The van der Waals surface area contributed by atoms with Gasteiger partial charge in [-0.25, -0.2) is 0 Å². The summed E-state index contributed by atoms with van der Waals surface area (Å²) in [6.45, 7) is 6.37. The van der Waals surface area contributed by atoms with Gasteiger partial charge >= 0.3 is 0 Å². The Morgan fingerprint density at radius 3 is 2.95 bits per heavy atom. The van der Waals surface area contributed by atoms with Gasteiger partial charge in [0, 0.05) is 23.0 Å². The largest absolute Gasteiger partial charge is 0.361 e. The summed E-state index contributed by atoms with van der Waals surface area (Å²) in [5.74, 6) is 1.38. The molecule has 0 radical (unpaired) electrons. The first-order valence-corrected chi connectivity index (χ1v) is 8.38. The van der Waals surface area contributed by atoms with Crippen molar-refractivity contribution in [3.63, 3.8) is 0 Å². The fourth-order valence-electron chi connectivity index (χ4n) is 2.95. The number of benzene rings is 1. The molecule has 4 heteroatoms. The predicted molar refractivity (Wildman–Crippen MR) is 87.1 cm³/mol. The van der Waals surface area contributed by atoms with E-state index in [9.17, 15) is 0 Å². The van der Waals surface area contributed by atoms with Crippen molar-refractivity contribution in [3.8, 4) is 0 Å². The van der Waals surface area contributed by atoms with Crippen molar-refractivity contribution in [3.05, 3.63) is 51.8 Å². The zero-order valence-corrected chi connectivity index (χ0v) is 14.1. The Morgan fingerprint density at radius 1 is 1.38 bits per heavy atom. The number of hydrogen-bond acceptors (Lipinski definition) is 3. The molecule has 2 aromatic rings. The fourth-order valence-corrected chi connectivity index (χ4v) is 3.40. The fraction of sp³-hybridized carbons (Fsp3) is 0.471. The maximum absolute atomic E-state index is 5.47. The van der Waals surface area contributed by atoms with Gasteiger partial charge in [-0.2, -0.15) is 0 Å². The predicted octanol–water partition coefficient (Wildman–Crippen LogP) is 4.90. The quantitative estimate of drug-likeness (QED) is 0.786. The molecule has 0 aliphatic carbocycles. The molecule has 1 aromatic heterocycles. The number of likely N-dealkylation sites (tertiary alicyclic amines) is 1. The highest BCUT2D eigenvalue weighted by Crippen LogP contribution is 2.33. The van der Waals surface area contributed by atoms with Crippen LogP contribution < -0.4 is 0 Å². The van der Waals surface area contributed by atoms with E-state index in [0.29, 0.717) is 12.0 Å². The van der Waals surface area contributed by atoms with Gasteiger partial charge in [-0.05, 0) is 37.1 Å². The van der Waals surface area contributed by atoms with Gasteiger partial charge in [0.15, 0.2) is 0 Å². The maximum atomic E-state index is 5.47. The minimum atomic E-state index is 0.389. The standard InChI is InChI=1S/C17H21BrN2O/c1-12(2)17-10-15(19-21-17)16-7-4-8-20(16)11-13-5-3-6-14(18)9-13/h3,5-6,9-10,12,16H,4,7-8,11H2,1-2H3/t16-/m1/s1. The van der Waals surface area contributed by atoms with Crippen molar-refractivity contribution in [1.82, 2.24) is 10.1 Å². The third-order valence-electron chi connectivity index (χ3n) is 4.10. The zero-order chi connectivity index (χ0) is 14.8. The molecule has 0 unspecified atom stereocenters. The Morgan fingerprint density at radius 2 is 2.24 bits per heavy atom. The topological polar surface area (TPSA) is 29.3 Å². The Kier molecular flexibility index (Phi) is 4.45. The first-order chi connectivity index (χ1) is 10.1. The second-order valence-electron chi connectivity index (χ2n) is 6.07. The number of nitrogens with zero attached hydrogens (tertiary/aromatic N) is 2. The smallest absolute Gasteiger partial charge is 0.139 e. The van der Waals surface area contributed by atoms with E-state index >= 15 is 0 Å². The average molecular weight is 349 g/mol. The molecule has 3 rings (SSSR count). The lowest BCUT2D eigenvalue weighted by Crippen LogP contribution is -2.22. The summed E-state index contributed by atoms with van der Waals surface area (Å²) in [7, 11) is 0. The lowest BCUT2D eigenvalue weighted by Gasteiger charge is -2.22. The molecule has 1 aromatic carbocycles. The summed E-state index contributed by atoms with van der Waals surface area (Å²) in [6.07, 6.45) is 2.39. The molecule has 1 atom stereocenters. The molecule has 112 valence electrons. The normalized spacial score (nSPS) is 19.5. The second kappa shape index (κ2) is 6.32. The van der Waals surface area contributed by atoms with Gasteiger partial charge in [-0.1, -0.05) is 47.1 Å². The van der Waals surface area contributed by atoms with Crippen molar-refractivity contribution in [2.45, 2.75) is 45.2 Å². The van der Waals surface area contributed by atoms with Crippen LogP contribution in [0.4, 0.5) is 0 Å². The van der Waals surface area contributed by atoms with Gasteiger partial charge in [0.05, 0.1) is 6.04 Å². The number of halogens is 1. The van der Waals surface area contributed by atoms with Crippen molar-refractivity contribution in [2.75, 3.05) is 6.54 Å². The van der Waals surface area contributed by atoms with E-state index in [-0.39, 0.29) is 0 Å². The van der Waals surface area contributed by atoms with Crippen molar-refractivity contribution < 1.29 is 4.52 Å². The van der Waals surface area contributed by atoms with Crippen LogP contribution >= 0.6 is 15.9 Å². The lowest BCUT2D eigenvalue weighted by molar-refractivity contribution is 0.236. The molecular weight excluding hydrogens is 328 g/mol. The Bertz CT molecular complexity index is 608. The number of aromatic nitrogens is 1. The Balaban J connectivity index is 1.75. The lowest BCUT2D eigenvalue weighted by atomic mass is 10.1. The molecule has 1 fully saturated rings. The summed E-state index contributed by atoms with van der Waals surface area (Å²) in [4.78, 5) is 2.50. The van der Waals surface area contributed by atoms with Crippen LogP contribution in [0.25, 0.3) is 0 Å². The van der Waals surface area contributed by atoms with Gasteiger partial charge in [-0.15, -0.1) is 0 Å². The highest BCUT2D eigenvalue weighted by Gasteiger charge is 2.28. The number of hydrogen-bond donors (Lipinski definition) is 0. The van der Waals surface area contributed by atoms with Gasteiger partial charge in [0.2, 0.25) is 0 Å². The molecule has 0 saturated carbocycles. The monoisotopic (exact) mass is 348 g/mol. The number of rotatable bonds is 4. The third kappa shape index (κ3) is 3.38. The van der Waals surface area contributed by atoms with E-state index < -0.39 is 0 Å². The zero-order valence-electron chi connectivity index (χ0n) is 12.6. The summed E-state index contributed by atoms with van der Waals surface area (Å²) < 4.78 is 6.61. The van der Waals surface area contributed by atoms with Crippen molar-refractivity contribution in [1.29, 1.82) is 0 Å². The summed E-state index contributed by atoms with van der Waals surface area (Å²) in [5.41, 5.74) is 2.43. The first kappa shape index (κ1) is 14.8. The van der Waals surface area contributed by atoms with Crippen LogP contribution in [0, 0.1) is 0 Å². The van der Waals surface area contributed by atoms with Crippen LogP contribution in [-0.4, -0.2) is 16.6 Å². The van der Waals surface area contributed by atoms with Crippen LogP contribution in [-0.2, 0) is 6.54 Å². The molecule has 2 heterocycles. The van der Waals surface area contributed by atoms with Crippen LogP contribution in [0.3, 0.4) is 0 Å². The summed E-state index contributed by atoms with van der Waals surface area (Å²) >= 11 is 3.54. The second-order valence-corrected chi connectivity index (χ2v) is 6.98. The van der Waals surface area contributed by atoms with Gasteiger partial charge < -0.3 is 4.52 Å². The first-order valence-electron chi connectivity index (χ1n) is 7.58. The Labute approximate surface area is 134 Å². The Hall–Kier alpha value is -1.13. The summed E-state index contributed by atoms with van der Waals surface area (Å²) in [6, 6.07) is 11.1. The molecule has 1 aliphatic heterocycles. The molecule has 0 amide bonds. The van der Waals surface area contributed by atoms with Crippen LogP contribution in [0.5, 0.6) is 0 Å². The van der Waals surface area contributed by atoms with Crippen LogP contribution in [0.2, 0.25) is 0 Å². The van der Waals surface area contributed by atoms with E-state index in [1.54, 1.807) is 0 Å². The molecule has 21 heavy (non-hydrogen) atoms. The minimum Gasteiger partial charge on any atom is -0.361 e. The highest BCUT2D eigenvalue weighted by atomic mass is 79.9. The van der Waals surface area contributed by atoms with Crippen molar-refractivity contribution in [2.24, 2.45) is 0 Å². The molecule has 3 nitrogen and oxygen atoms in total. The molecule has 0 spiro atoms. The van der Waals surface area contributed by atoms with E-state index in [0.717, 1.165) is 35.4 Å². The SMILES string of the molecule is CC(C)c1cc([C@H]2CCCN2Cc2cccc(Br)c2)no1. The average Bonchev–Trinajstić information content (AvgIpc) is 3.06. The molecule has 0 bridgehead atoms. The van der Waals surface area contributed by atoms with E-state index in [4.69, 9.17) is 4.52 Å². The van der Waals surface area contributed by atoms with Gasteiger partial charge in [0.1, 0.15) is 11.5 Å². The minimum absolute atomic E-state index is 0.389.